The van der Waals surface area contributed by atoms with Gasteiger partial charge in [0, 0.05) is 17.5 Å². The lowest BCUT2D eigenvalue weighted by atomic mass is 10.5. The summed E-state index contributed by atoms with van der Waals surface area (Å²) in [5.41, 5.74) is 1.64. The van der Waals surface area contributed by atoms with Crippen LogP contribution in [0.1, 0.15) is 18.3 Å². The van der Waals surface area contributed by atoms with Gasteiger partial charge in [0.2, 0.25) is 0 Å². The normalized spacial score (nSPS) is 9.92. The summed E-state index contributed by atoms with van der Waals surface area (Å²) >= 11 is 0. The molecule has 0 amide bonds. The van der Waals surface area contributed by atoms with Crippen LogP contribution in [0.5, 0.6) is 0 Å². The Morgan fingerprint density at radius 2 is 2.33 bits per heavy atom. The molecule has 0 saturated carbocycles. The average molecular weight is 166 g/mol. The molecule has 1 aromatic rings. The number of aromatic nitrogens is 1. The first-order valence-corrected chi connectivity index (χ1v) is 3.90. The largest absolute Gasteiger partial charge is 0.449 e. The zero-order chi connectivity index (χ0) is 9.14. The predicted molar refractivity (Wildman–Crippen MR) is 45.2 cm³/mol. The molecular formula is C9H12NO2. The predicted octanol–water partition coefficient (Wildman–Crippen LogP) is 1.91. The van der Waals surface area contributed by atoms with E-state index in [4.69, 9.17) is 4.74 Å². The molecule has 0 aliphatic carbocycles. The van der Waals surface area contributed by atoms with Crippen molar-refractivity contribution in [2.75, 3.05) is 6.61 Å². The molecule has 0 fully saturated rings. The Labute approximate surface area is 72.0 Å². The summed E-state index contributed by atoms with van der Waals surface area (Å²) in [5.74, 6) is 0. The summed E-state index contributed by atoms with van der Waals surface area (Å²) in [6.07, 6.45) is -0.325. The van der Waals surface area contributed by atoms with Crippen molar-refractivity contribution < 1.29 is 9.53 Å². The van der Waals surface area contributed by atoms with Gasteiger partial charge in [0.05, 0.1) is 6.61 Å². The van der Waals surface area contributed by atoms with E-state index in [0.717, 1.165) is 11.4 Å². The van der Waals surface area contributed by atoms with Gasteiger partial charge in [0.1, 0.15) is 0 Å². The van der Waals surface area contributed by atoms with Crippen molar-refractivity contribution in [3.8, 4) is 0 Å². The summed E-state index contributed by atoms with van der Waals surface area (Å²) in [5, 5.41) is 0. The molecule has 3 heteroatoms. The van der Waals surface area contributed by atoms with Crippen molar-refractivity contribution in [1.29, 1.82) is 0 Å². The highest BCUT2D eigenvalue weighted by atomic mass is 16.5. The molecule has 3 nitrogen and oxygen atoms in total. The average Bonchev–Trinajstić information content (AvgIpc) is 2.32. The molecular weight excluding hydrogens is 154 g/mol. The molecule has 1 radical (unpaired) electrons. The number of carbonyl (C=O) groups is 1. The Kier molecular flexibility index (Phi) is 2.53. The second-order valence-electron chi connectivity index (χ2n) is 2.55. The molecule has 0 N–H and O–H groups in total. The van der Waals surface area contributed by atoms with E-state index in [1.165, 1.54) is 4.57 Å². The molecule has 0 atom stereocenters. The molecule has 0 unspecified atom stereocenters. The fourth-order valence-corrected chi connectivity index (χ4v) is 1.07. The number of rotatable bonds is 1. The van der Waals surface area contributed by atoms with E-state index in [9.17, 15) is 4.79 Å². The standard InChI is InChI=1S/C9H12NO2/c1-4-12-9(11)10-7(2)5-6-8(10)3/h5H,4H2,1-3H3. The molecule has 0 saturated heterocycles. The van der Waals surface area contributed by atoms with Crippen LogP contribution in [0, 0.1) is 19.9 Å². The smallest absolute Gasteiger partial charge is 0.418 e. The Bertz CT molecular complexity index is 269. The quantitative estimate of drug-likeness (QED) is 0.638. The van der Waals surface area contributed by atoms with Crippen molar-refractivity contribution >= 4 is 6.09 Å². The van der Waals surface area contributed by atoms with Gasteiger partial charge in [-0.25, -0.2) is 4.79 Å². The number of aryl methyl sites for hydroxylation is 2. The fourth-order valence-electron chi connectivity index (χ4n) is 1.07. The third-order valence-electron chi connectivity index (χ3n) is 1.63. The lowest BCUT2D eigenvalue weighted by molar-refractivity contribution is 0.153. The van der Waals surface area contributed by atoms with Crippen LogP contribution in [0.4, 0.5) is 4.79 Å². The van der Waals surface area contributed by atoms with Crippen LogP contribution in [-0.4, -0.2) is 17.3 Å². The van der Waals surface area contributed by atoms with Gasteiger partial charge in [0.15, 0.2) is 0 Å². The van der Waals surface area contributed by atoms with Crippen molar-refractivity contribution in [3.63, 3.8) is 0 Å². The lowest BCUT2D eigenvalue weighted by Gasteiger charge is -2.06. The minimum absolute atomic E-state index is 0.325. The van der Waals surface area contributed by atoms with Gasteiger partial charge in [-0.2, -0.15) is 0 Å². The molecule has 0 aromatic carbocycles. The van der Waals surface area contributed by atoms with Crippen LogP contribution >= 0.6 is 0 Å². The number of ether oxygens (including phenoxy) is 1. The summed E-state index contributed by atoms with van der Waals surface area (Å²) < 4.78 is 6.36. The van der Waals surface area contributed by atoms with Gasteiger partial charge < -0.3 is 4.74 Å². The molecule has 0 spiro atoms. The Balaban J connectivity index is 2.93. The summed E-state index contributed by atoms with van der Waals surface area (Å²) in [7, 11) is 0. The number of hydrogen-bond donors (Lipinski definition) is 0. The van der Waals surface area contributed by atoms with Gasteiger partial charge in [-0.1, -0.05) is 0 Å². The number of nitrogens with zero attached hydrogens (tertiary/aromatic N) is 1. The second-order valence-corrected chi connectivity index (χ2v) is 2.55. The van der Waals surface area contributed by atoms with Gasteiger partial charge in [-0.3, -0.25) is 4.57 Å². The van der Waals surface area contributed by atoms with Crippen molar-refractivity contribution in [3.05, 3.63) is 23.5 Å². The fraction of sp³-hybridized carbons (Fsp3) is 0.444. The van der Waals surface area contributed by atoms with E-state index in [1.807, 2.05) is 13.8 Å². The number of carbonyl (C=O) groups excluding carboxylic acids is 1. The van der Waals surface area contributed by atoms with Crippen LogP contribution in [0.15, 0.2) is 6.07 Å². The van der Waals surface area contributed by atoms with E-state index < -0.39 is 0 Å². The maximum Gasteiger partial charge on any atom is 0.418 e. The SMILES string of the molecule is CCOC(=O)n1c(C)[c]cc1C. The monoisotopic (exact) mass is 166 g/mol. The van der Waals surface area contributed by atoms with Crippen molar-refractivity contribution in [2.45, 2.75) is 20.8 Å². The third-order valence-corrected chi connectivity index (χ3v) is 1.63. The van der Waals surface area contributed by atoms with Crippen LogP contribution in [0.3, 0.4) is 0 Å². The summed E-state index contributed by atoms with van der Waals surface area (Å²) in [4.78, 5) is 11.3. The van der Waals surface area contributed by atoms with Crippen LogP contribution in [0.2, 0.25) is 0 Å². The van der Waals surface area contributed by atoms with Gasteiger partial charge in [-0.15, -0.1) is 0 Å². The third kappa shape index (κ3) is 1.49. The zero-order valence-corrected chi connectivity index (χ0v) is 7.55. The molecule has 0 bridgehead atoms. The minimum atomic E-state index is -0.325. The van der Waals surface area contributed by atoms with E-state index in [0.29, 0.717) is 6.61 Å². The summed E-state index contributed by atoms with van der Waals surface area (Å²) in [6, 6.07) is 4.71. The Hall–Kier alpha value is -1.25. The molecule has 0 aliphatic rings. The molecule has 1 rings (SSSR count). The topological polar surface area (TPSA) is 31.2 Å². The van der Waals surface area contributed by atoms with E-state index >= 15 is 0 Å². The maximum absolute atomic E-state index is 11.3. The lowest BCUT2D eigenvalue weighted by Crippen LogP contribution is -2.15. The Morgan fingerprint density at radius 3 is 2.75 bits per heavy atom. The number of hydrogen-bond acceptors (Lipinski definition) is 2. The molecule has 12 heavy (non-hydrogen) atoms. The van der Waals surface area contributed by atoms with Crippen molar-refractivity contribution in [2.24, 2.45) is 0 Å². The molecule has 1 aromatic heterocycles. The van der Waals surface area contributed by atoms with Crippen LogP contribution in [-0.2, 0) is 4.74 Å². The van der Waals surface area contributed by atoms with Crippen LogP contribution < -0.4 is 0 Å². The van der Waals surface area contributed by atoms with Gasteiger partial charge in [-0.05, 0) is 26.8 Å². The van der Waals surface area contributed by atoms with E-state index in [1.54, 1.807) is 13.0 Å². The molecule has 0 aliphatic heterocycles. The van der Waals surface area contributed by atoms with Gasteiger partial charge >= 0.3 is 6.09 Å². The van der Waals surface area contributed by atoms with Gasteiger partial charge in [0.25, 0.3) is 0 Å². The molecule has 65 valence electrons. The zero-order valence-electron chi connectivity index (χ0n) is 7.55. The van der Waals surface area contributed by atoms with Crippen molar-refractivity contribution in [1.82, 2.24) is 4.57 Å². The first kappa shape index (κ1) is 8.84. The first-order chi connectivity index (χ1) is 5.66. The summed E-state index contributed by atoms with van der Waals surface area (Å²) in [6.45, 7) is 5.86. The molecule has 1 heterocycles. The maximum atomic E-state index is 11.3. The first-order valence-electron chi connectivity index (χ1n) is 3.90. The Morgan fingerprint density at radius 1 is 1.67 bits per heavy atom. The van der Waals surface area contributed by atoms with E-state index in [2.05, 4.69) is 6.07 Å². The van der Waals surface area contributed by atoms with E-state index in [-0.39, 0.29) is 6.09 Å². The minimum Gasteiger partial charge on any atom is -0.449 e. The highest BCUT2D eigenvalue weighted by Crippen LogP contribution is 2.06. The second kappa shape index (κ2) is 3.43. The highest BCUT2D eigenvalue weighted by Gasteiger charge is 2.09. The highest BCUT2D eigenvalue weighted by molar-refractivity contribution is 5.72. The van der Waals surface area contributed by atoms with Crippen LogP contribution in [0.25, 0.3) is 0 Å².